The third kappa shape index (κ3) is 5.58. The molecule has 2 rings (SSSR count). The van der Waals surface area contributed by atoms with Crippen molar-refractivity contribution >= 4 is 31.2 Å². The fraction of sp³-hybridized carbons (Fsp3) is 0.647. The summed E-state index contributed by atoms with van der Waals surface area (Å²) in [5, 5.41) is 22.4. The Morgan fingerprint density at radius 1 is 1.57 bits per heavy atom. The van der Waals surface area contributed by atoms with Gasteiger partial charge < -0.3 is 9.84 Å². The van der Waals surface area contributed by atoms with Crippen molar-refractivity contribution in [3.8, 4) is 5.88 Å². The van der Waals surface area contributed by atoms with Gasteiger partial charge in [0, 0.05) is 16.2 Å². The van der Waals surface area contributed by atoms with Gasteiger partial charge in [-0.15, -0.1) is 6.58 Å². The number of aryl methyl sites for hydroxylation is 2. The zero-order valence-electron chi connectivity index (χ0n) is 18.0. The van der Waals surface area contributed by atoms with Crippen molar-refractivity contribution in [1.82, 2.24) is 9.97 Å². The Hall–Kier alpha value is -1.38. The summed E-state index contributed by atoms with van der Waals surface area (Å²) < 4.78 is 32.9. The monoisotopic (exact) mass is 429 g/mol. The molecule has 11 heteroatoms. The molecule has 1 aliphatic rings. The molecule has 0 aromatic carbocycles. The van der Waals surface area contributed by atoms with E-state index in [2.05, 4.69) is 16.5 Å². The Balaban J connectivity index is 2.27. The number of rotatable bonds is 11. The molecule has 1 aromatic heterocycles. The second-order valence-electron chi connectivity index (χ2n) is 6.88. The second kappa shape index (κ2) is 10.4. The highest BCUT2D eigenvalue weighted by atomic mass is 32.7. The topological polar surface area (TPSA) is 115 Å². The van der Waals surface area contributed by atoms with Crippen LogP contribution in [0, 0.1) is 35.8 Å². The summed E-state index contributed by atoms with van der Waals surface area (Å²) in [5.74, 6) is 0.0665. The van der Waals surface area contributed by atoms with Gasteiger partial charge in [0.15, 0.2) is 0 Å². The molecule has 1 aliphatic carbocycles. The van der Waals surface area contributed by atoms with Crippen molar-refractivity contribution in [2.24, 2.45) is 11.8 Å². The van der Waals surface area contributed by atoms with Crippen LogP contribution in [-0.2, 0) is 10.4 Å². The van der Waals surface area contributed by atoms with E-state index in [9.17, 15) is 19.4 Å². The third-order valence-corrected chi connectivity index (χ3v) is 7.05. The fourth-order valence-electron chi connectivity index (χ4n) is 3.68. The van der Waals surface area contributed by atoms with Crippen molar-refractivity contribution in [3.63, 3.8) is 0 Å². The maximum atomic E-state index is 12.1. The summed E-state index contributed by atoms with van der Waals surface area (Å²) in [5.41, 5.74) is -0.148. The Labute approximate surface area is 172 Å². The molecule has 1 aromatic rings. The number of hydrogen-bond donors (Lipinski definition) is 1. The number of nitrogens with zero attached hydrogens (tertiary/aromatic N) is 3. The average Bonchev–Trinajstić information content (AvgIpc) is 2.97. The lowest BCUT2D eigenvalue weighted by atomic mass is 9.98. The van der Waals surface area contributed by atoms with Crippen molar-refractivity contribution < 1.29 is 19.0 Å². The molecule has 1 N–H and O–H groups in total. The molecule has 0 bridgehead atoms. The van der Waals surface area contributed by atoms with E-state index < -0.39 is 35.2 Å². The van der Waals surface area contributed by atoms with Gasteiger partial charge in [0.1, 0.15) is 25.2 Å². The smallest absolute Gasteiger partial charge is 0.351 e. The molecule has 1 heterocycles. The molecule has 0 amide bonds. The predicted molar refractivity (Wildman–Crippen MR) is 113 cm³/mol. The SMILES string of the molecule is [2H]P([B][3H])S(=O)CC[C@H]1C[C@H](CCC=C)[C@H](O)[C@@H]1Oc1nc(C)nc(C)c1[N+](=O)[O-]. The van der Waals surface area contributed by atoms with Crippen LogP contribution in [0.2, 0.25) is 0 Å². The lowest BCUT2D eigenvalue weighted by molar-refractivity contribution is -0.387. The van der Waals surface area contributed by atoms with E-state index in [4.69, 9.17) is 7.35 Å². The fourth-order valence-corrected chi connectivity index (χ4v) is 4.92. The maximum Gasteiger partial charge on any atom is 0.351 e. The van der Waals surface area contributed by atoms with Crippen LogP contribution in [-0.4, -0.2) is 52.3 Å². The molecular formula is C17H26BN3O5PS. The number of nitro groups is 1. The molecule has 28 heavy (non-hydrogen) atoms. The zero-order chi connectivity index (χ0) is 22.4. The summed E-state index contributed by atoms with van der Waals surface area (Å²) in [7, 11) is -2.31. The highest BCUT2D eigenvalue weighted by molar-refractivity contribution is 8.46. The summed E-state index contributed by atoms with van der Waals surface area (Å²) in [4.78, 5) is 19.0. The van der Waals surface area contributed by atoms with Gasteiger partial charge in [-0.25, -0.2) is 4.98 Å². The number of aromatic nitrogens is 2. The van der Waals surface area contributed by atoms with Crippen LogP contribution in [0.25, 0.3) is 0 Å². The van der Waals surface area contributed by atoms with Gasteiger partial charge in [0.05, 0.1) is 12.3 Å². The molecule has 8 nitrogen and oxygen atoms in total. The van der Waals surface area contributed by atoms with E-state index in [-0.39, 0.29) is 34.8 Å². The molecule has 6 atom stereocenters. The minimum absolute atomic E-state index is 0.0882. The molecule has 1 fully saturated rings. The molecule has 0 spiro atoms. The zero-order valence-corrected chi connectivity index (χ0v) is 17.7. The quantitative estimate of drug-likeness (QED) is 0.189. The lowest BCUT2D eigenvalue weighted by Crippen LogP contribution is -2.35. The lowest BCUT2D eigenvalue weighted by Gasteiger charge is -2.24. The van der Waals surface area contributed by atoms with Crippen LogP contribution < -0.4 is 4.74 Å². The van der Waals surface area contributed by atoms with Gasteiger partial charge in [-0.05, 0) is 52.7 Å². The first kappa shape index (κ1) is 19.9. The van der Waals surface area contributed by atoms with Crippen LogP contribution in [0.3, 0.4) is 0 Å². The first-order valence-electron chi connectivity index (χ1n) is 10.1. The Bertz CT molecular complexity index is 809. The number of aliphatic hydroxyl groups is 1. The van der Waals surface area contributed by atoms with E-state index in [0.717, 1.165) is 7.53 Å². The Morgan fingerprint density at radius 3 is 2.96 bits per heavy atom. The van der Waals surface area contributed by atoms with Gasteiger partial charge in [-0.3, -0.25) is 14.3 Å². The molecular weight excluding hydrogens is 400 g/mol. The molecule has 1 saturated carbocycles. The number of aliphatic hydroxyl groups excluding tert-OH is 1. The number of ether oxygens (including phenoxy) is 1. The van der Waals surface area contributed by atoms with Gasteiger partial charge in [0.25, 0.3) is 5.88 Å². The highest BCUT2D eigenvalue weighted by Crippen LogP contribution is 2.40. The molecule has 2 unspecified atom stereocenters. The van der Waals surface area contributed by atoms with Crippen LogP contribution in [0.5, 0.6) is 5.88 Å². The van der Waals surface area contributed by atoms with Crippen molar-refractivity contribution in [2.75, 3.05) is 5.75 Å². The Morgan fingerprint density at radius 2 is 2.32 bits per heavy atom. The van der Waals surface area contributed by atoms with Crippen LogP contribution in [0.1, 0.15) is 37.2 Å². The standard InChI is InChI=1S/C17H26BN3O5PS/c1-4-5-6-12-9-13(7-8-28(25)27-18)16(15(12)22)26-17-14(21(23)24)10(2)19-11(3)20-17/h4,12-13,15-16,18,22,27H,1,5-9H2,2-3H3/t12-,13-,15-,16+,27?,28?/m0/s1/i18T,27D. The highest BCUT2D eigenvalue weighted by Gasteiger charge is 2.44. The van der Waals surface area contributed by atoms with E-state index in [1.807, 2.05) is 0 Å². The van der Waals surface area contributed by atoms with Crippen LogP contribution in [0.15, 0.2) is 12.7 Å². The Kier molecular flexibility index (Phi) is 7.41. The third-order valence-electron chi connectivity index (χ3n) is 4.98. The van der Waals surface area contributed by atoms with E-state index in [1.165, 1.54) is 6.92 Å². The van der Waals surface area contributed by atoms with Crippen molar-refractivity contribution in [3.05, 3.63) is 34.3 Å². The summed E-state index contributed by atoms with van der Waals surface area (Å²) >= 11 is 0. The average molecular weight is 429 g/mol. The molecule has 0 saturated heterocycles. The van der Waals surface area contributed by atoms with Gasteiger partial charge >= 0.3 is 5.69 Å². The van der Waals surface area contributed by atoms with Gasteiger partial charge in [-0.2, -0.15) is 4.98 Å². The van der Waals surface area contributed by atoms with Crippen LogP contribution >= 0.6 is 7.61 Å². The normalized spacial score (nSPS) is 27.4. The van der Waals surface area contributed by atoms with Gasteiger partial charge in [0.2, 0.25) is 0 Å². The van der Waals surface area contributed by atoms with E-state index >= 15 is 0 Å². The van der Waals surface area contributed by atoms with E-state index in [0.29, 0.717) is 31.5 Å². The molecule has 1 radical (unpaired) electrons. The van der Waals surface area contributed by atoms with Gasteiger partial charge in [-0.1, -0.05) is 13.7 Å². The number of hydrogen-bond acceptors (Lipinski definition) is 7. The molecule has 153 valence electrons. The number of allylic oxidation sites excluding steroid dienone is 1. The second-order valence-corrected chi connectivity index (χ2v) is 10.00. The minimum atomic E-state index is -1.74. The largest absolute Gasteiger partial charge is 0.466 e. The summed E-state index contributed by atoms with van der Waals surface area (Å²) in [6, 6.07) is 0. The summed E-state index contributed by atoms with van der Waals surface area (Å²) in [6.45, 7) is 6.82. The maximum absolute atomic E-state index is 12.1. The van der Waals surface area contributed by atoms with Crippen molar-refractivity contribution in [2.45, 2.75) is 51.7 Å². The van der Waals surface area contributed by atoms with Crippen molar-refractivity contribution in [1.29, 1.82) is 2.61 Å². The first-order valence-corrected chi connectivity index (χ1v) is 11.9. The minimum Gasteiger partial charge on any atom is -0.466 e. The summed E-state index contributed by atoms with van der Waals surface area (Å²) in [6.07, 6.45) is 2.59. The first-order chi connectivity index (χ1) is 14.2. The molecule has 0 aliphatic heterocycles. The van der Waals surface area contributed by atoms with Crippen LogP contribution in [0.4, 0.5) is 5.69 Å². The predicted octanol–water partition coefficient (Wildman–Crippen LogP) is 2.26. The van der Waals surface area contributed by atoms with E-state index in [1.54, 1.807) is 13.0 Å².